The molecule has 0 spiro atoms. The molecule has 0 atom stereocenters. The molecule has 0 amide bonds. The minimum Gasteiger partial charge on any atom is -0.384 e. The lowest BCUT2D eigenvalue weighted by Crippen LogP contribution is -2.47. The molecule has 7 heteroatoms. The quantitative estimate of drug-likeness (QED) is 0.743. The van der Waals surface area contributed by atoms with Gasteiger partial charge in [0.1, 0.15) is 0 Å². The lowest BCUT2D eigenvalue weighted by atomic mass is 9.80. The van der Waals surface area contributed by atoms with Crippen molar-refractivity contribution in [3.63, 3.8) is 0 Å². The van der Waals surface area contributed by atoms with E-state index >= 15 is 0 Å². The Bertz CT molecular complexity index is 708. The number of sulfonamides is 1. The lowest BCUT2D eigenvalue weighted by Gasteiger charge is -2.37. The van der Waals surface area contributed by atoms with Crippen molar-refractivity contribution in [1.29, 1.82) is 0 Å². The Morgan fingerprint density at radius 3 is 2.11 bits per heavy atom. The number of hydrogen-bond donors (Lipinski definition) is 2. The van der Waals surface area contributed by atoms with Crippen molar-refractivity contribution in [2.75, 3.05) is 33.4 Å². The van der Waals surface area contributed by atoms with Gasteiger partial charge in [-0.25, -0.2) is 13.1 Å². The molecule has 0 aromatic heterocycles. The first kappa shape index (κ1) is 24.4. The highest BCUT2D eigenvalue weighted by molar-refractivity contribution is 7.89. The van der Waals surface area contributed by atoms with Gasteiger partial charge in [-0.2, -0.15) is 0 Å². The molecule has 156 valence electrons. The summed E-state index contributed by atoms with van der Waals surface area (Å²) in [5.74, 6) is 0. The second-order valence-electron chi connectivity index (χ2n) is 8.70. The zero-order chi connectivity index (χ0) is 19.6. The third-order valence-corrected chi connectivity index (χ3v) is 7.05. The summed E-state index contributed by atoms with van der Waals surface area (Å²) in [6.07, 6.45) is 1.81. The molecule has 1 fully saturated rings. The monoisotopic (exact) mass is 418 g/mol. The molecule has 2 N–H and O–H groups in total. The summed E-state index contributed by atoms with van der Waals surface area (Å²) in [6, 6.07) is 3.99. The van der Waals surface area contributed by atoms with E-state index < -0.39 is 10.0 Å². The molecule has 0 bridgehead atoms. The summed E-state index contributed by atoms with van der Waals surface area (Å²) in [6.45, 7) is 12.9. The number of piperidine rings is 1. The Labute approximate surface area is 171 Å². The molecular formula is C20H35ClN2O3S. The smallest absolute Gasteiger partial charge is 0.241 e. The predicted molar refractivity (Wildman–Crippen MR) is 113 cm³/mol. The highest BCUT2D eigenvalue weighted by Gasteiger charge is 2.34. The number of ether oxygens (including phenoxy) is 1. The average Bonchev–Trinajstić information content (AvgIpc) is 2.53. The number of rotatable bonds is 6. The summed E-state index contributed by atoms with van der Waals surface area (Å²) in [7, 11) is -1.89. The van der Waals surface area contributed by atoms with Gasteiger partial charge in [-0.1, -0.05) is 32.9 Å². The highest BCUT2D eigenvalue weighted by Crippen LogP contribution is 2.31. The van der Waals surface area contributed by atoms with Crippen molar-refractivity contribution in [1.82, 2.24) is 10.0 Å². The maximum Gasteiger partial charge on any atom is 0.241 e. The van der Waals surface area contributed by atoms with Gasteiger partial charge in [-0.3, -0.25) is 0 Å². The first-order valence-corrected chi connectivity index (χ1v) is 10.8. The van der Waals surface area contributed by atoms with Crippen LogP contribution < -0.4 is 10.0 Å². The third-order valence-electron chi connectivity index (χ3n) is 5.35. The van der Waals surface area contributed by atoms with E-state index in [4.69, 9.17) is 4.74 Å². The SMILES string of the molecule is COCC1(CNS(=O)(=O)c2c(C)cc(C(C)(C)C)cc2C)CCNCC1.Cl. The van der Waals surface area contributed by atoms with Gasteiger partial charge < -0.3 is 10.1 Å². The first-order chi connectivity index (χ1) is 12.0. The minimum atomic E-state index is -3.57. The molecule has 1 aromatic rings. The van der Waals surface area contributed by atoms with Crippen molar-refractivity contribution in [3.8, 4) is 0 Å². The third kappa shape index (κ3) is 5.91. The Morgan fingerprint density at radius 2 is 1.67 bits per heavy atom. The Kier molecular flexibility index (Phi) is 8.33. The maximum atomic E-state index is 13.1. The van der Waals surface area contributed by atoms with E-state index in [9.17, 15) is 8.42 Å². The summed E-state index contributed by atoms with van der Waals surface area (Å²) in [5, 5.41) is 3.33. The van der Waals surface area contributed by atoms with Crippen LogP contribution in [0.1, 0.15) is 50.3 Å². The first-order valence-electron chi connectivity index (χ1n) is 9.32. The topological polar surface area (TPSA) is 67.4 Å². The Hall–Kier alpha value is -0.660. The van der Waals surface area contributed by atoms with Gasteiger partial charge in [0, 0.05) is 19.1 Å². The van der Waals surface area contributed by atoms with E-state index in [0.29, 0.717) is 18.0 Å². The van der Waals surface area contributed by atoms with Crippen LogP contribution in [0.15, 0.2) is 17.0 Å². The molecule has 0 aliphatic carbocycles. The fourth-order valence-electron chi connectivity index (χ4n) is 3.76. The van der Waals surface area contributed by atoms with Crippen molar-refractivity contribution in [3.05, 3.63) is 28.8 Å². The van der Waals surface area contributed by atoms with Crippen LogP contribution in [-0.4, -0.2) is 41.8 Å². The number of benzene rings is 1. The minimum absolute atomic E-state index is 0. The standard InChI is InChI=1S/C20H34N2O3S.ClH/c1-15-11-17(19(3,4)5)12-16(2)18(15)26(23,24)22-13-20(14-25-6)7-9-21-10-8-20;/h11-12,21-22H,7-10,13-14H2,1-6H3;1H. The number of halogens is 1. The second-order valence-corrected chi connectivity index (χ2v) is 10.4. The van der Waals surface area contributed by atoms with Gasteiger partial charge in [0.25, 0.3) is 0 Å². The molecule has 27 heavy (non-hydrogen) atoms. The van der Waals surface area contributed by atoms with E-state index in [0.717, 1.165) is 42.6 Å². The van der Waals surface area contributed by atoms with Crippen molar-refractivity contribution in [2.24, 2.45) is 5.41 Å². The highest BCUT2D eigenvalue weighted by atomic mass is 35.5. The van der Waals surface area contributed by atoms with Crippen LogP contribution in [0.2, 0.25) is 0 Å². The number of nitrogens with one attached hydrogen (secondary N) is 2. The van der Waals surface area contributed by atoms with Crippen LogP contribution in [0.3, 0.4) is 0 Å². The van der Waals surface area contributed by atoms with Crippen LogP contribution in [0.4, 0.5) is 0 Å². The van der Waals surface area contributed by atoms with Gasteiger partial charge in [0.15, 0.2) is 0 Å². The zero-order valence-corrected chi connectivity index (χ0v) is 19.1. The lowest BCUT2D eigenvalue weighted by molar-refractivity contribution is 0.0577. The van der Waals surface area contributed by atoms with E-state index in [1.165, 1.54) is 0 Å². The van der Waals surface area contributed by atoms with Crippen LogP contribution in [0.5, 0.6) is 0 Å². The summed E-state index contributed by atoms with van der Waals surface area (Å²) < 4.78 is 34.4. The van der Waals surface area contributed by atoms with Gasteiger partial charge in [-0.15, -0.1) is 12.4 Å². The van der Waals surface area contributed by atoms with Crippen molar-refractivity contribution in [2.45, 2.75) is 57.8 Å². The fraction of sp³-hybridized carbons (Fsp3) is 0.700. The van der Waals surface area contributed by atoms with E-state index in [1.54, 1.807) is 7.11 Å². The molecule has 0 saturated carbocycles. The van der Waals surface area contributed by atoms with Crippen LogP contribution in [0.25, 0.3) is 0 Å². The number of methoxy groups -OCH3 is 1. The van der Waals surface area contributed by atoms with Gasteiger partial charge in [-0.05, 0) is 61.9 Å². The summed E-state index contributed by atoms with van der Waals surface area (Å²) in [4.78, 5) is 0.409. The van der Waals surface area contributed by atoms with Gasteiger partial charge in [0.05, 0.1) is 11.5 Å². The second kappa shape index (κ2) is 9.23. The molecule has 5 nitrogen and oxygen atoms in total. The van der Waals surface area contributed by atoms with E-state index in [-0.39, 0.29) is 23.2 Å². The van der Waals surface area contributed by atoms with Crippen LogP contribution >= 0.6 is 12.4 Å². The van der Waals surface area contributed by atoms with Crippen molar-refractivity contribution < 1.29 is 13.2 Å². The van der Waals surface area contributed by atoms with Crippen LogP contribution in [0, 0.1) is 19.3 Å². The molecule has 2 rings (SSSR count). The number of aryl methyl sites for hydroxylation is 2. The normalized spacial score (nSPS) is 17.4. The molecule has 1 aliphatic heterocycles. The Morgan fingerprint density at radius 1 is 1.15 bits per heavy atom. The summed E-state index contributed by atoms with van der Waals surface area (Å²) >= 11 is 0. The molecule has 0 unspecified atom stereocenters. The van der Waals surface area contributed by atoms with Gasteiger partial charge in [0.2, 0.25) is 10.0 Å². The fourth-order valence-corrected chi connectivity index (χ4v) is 5.37. The van der Waals surface area contributed by atoms with Crippen LogP contribution in [-0.2, 0) is 20.2 Å². The molecule has 1 aromatic carbocycles. The predicted octanol–water partition coefficient (Wildman–Crippen LogP) is 3.32. The average molecular weight is 419 g/mol. The van der Waals surface area contributed by atoms with Gasteiger partial charge >= 0.3 is 0 Å². The van der Waals surface area contributed by atoms with Crippen molar-refractivity contribution >= 4 is 22.4 Å². The molecule has 0 radical (unpaired) electrons. The maximum absolute atomic E-state index is 13.1. The Balaban J connectivity index is 0.00000364. The number of hydrogen-bond acceptors (Lipinski definition) is 4. The molecule has 1 heterocycles. The van der Waals surface area contributed by atoms with E-state index in [1.807, 2.05) is 26.0 Å². The zero-order valence-electron chi connectivity index (χ0n) is 17.4. The molecular weight excluding hydrogens is 384 g/mol. The molecule has 1 aliphatic rings. The largest absolute Gasteiger partial charge is 0.384 e. The summed E-state index contributed by atoms with van der Waals surface area (Å²) in [5.41, 5.74) is 2.60. The van der Waals surface area contributed by atoms with E-state index in [2.05, 4.69) is 30.8 Å². The molecule has 1 saturated heterocycles.